The minimum atomic E-state index is 0.185. The fourth-order valence-corrected chi connectivity index (χ4v) is 1.51. The molecule has 5 nitrogen and oxygen atoms in total. The Bertz CT molecular complexity index is 237. The molecule has 1 saturated carbocycles. The van der Waals surface area contributed by atoms with Crippen LogP contribution in [0.2, 0.25) is 0 Å². The number of nitrogens with one attached hydrogen (secondary N) is 1. The SMILES string of the molecule is NC(CCCCNC(=O)C1CCC1)=NO. The number of amidine groups is 1. The van der Waals surface area contributed by atoms with E-state index in [1.165, 1.54) is 6.42 Å². The molecule has 1 aliphatic rings. The normalized spacial score (nSPS) is 17.2. The molecule has 15 heavy (non-hydrogen) atoms. The largest absolute Gasteiger partial charge is 0.409 e. The summed E-state index contributed by atoms with van der Waals surface area (Å²) in [6.45, 7) is 0.689. The van der Waals surface area contributed by atoms with Gasteiger partial charge in [-0.15, -0.1) is 0 Å². The summed E-state index contributed by atoms with van der Waals surface area (Å²) in [6.07, 6.45) is 5.54. The molecular formula is C10H19N3O2. The Balaban J connectivity index is 1.94. The van der Waals surface area contributed by atoms with E-state index in [-0.39, 0.29) is 17.7 Å². The van der Waals surface area contributed by atoms with Gasteiger partial charge in [0.2, 0.25) is 5.91 Å². The molecule has 5 heteroatoms. The van der Waals surface area contributed by atoms with Crippen LogP contribution < -0.4 is 11.1 Å². The van der Waals surface area contributed by atoms with Crippen molar-refractivity contribution >= 4 is 11.7 Å². The van der Waals surface area contributed by atoms with Crippen molar-refractivity contribution in [3.63, 3.8) is 0 Å². The van der Waals surface area contributed by atoms with Crippen LogP contribution in [0.25, 0.3) is 0 Å². The molecule has 1 aliphatic carbocycles. The molecule has 0 aromatic heterocycles. The Morgan fingerprint density at radius 1 is 1.47 bits per heavy atom. The number of carbonyl (C=O) groups is 1. The van der Waals surface area contributed by atoms with Gasteiger partial charge in [-0.1, -0.05) is 11.6 Å². The minimum Gasteiger partial charge on any atom is -0.409 e. The first-order valence-electron chi connectivity index (χ1n) is 5.48. The summed E-state index contributed by atoms with van der Waals surface area (Å²) < 4.78 is 0. The van der Waals surface area contributed by atoms with E-state index in [1.54, 1.807) is 0 Å². The van der Waals surface area contributed by atoms with Crippen molar-refractivity contribution < 1.29 is 10.0 Å². The molecule has 1 amide bonds. The van der Waals surface area contributed by atoms with Crippen LogP contribution in [0.3, 0.4) is 0 Å². The number of rotatable bonds is 6. The maximum Gasteiger partial charge on any atom is 0.223 e. The van der Waals surface area contributed by atoms with Gasteiger partial charge in [-0.25, -0.2) is 0 Å². The number of nitrogens with zero attached hydrogens (tertiary/aromatic N) is 1. The molecule has 0 heterocycles. The molecule has 0 atom stereocenters. The third kappa shape index (κ3) is 4.18. The average Bonchev–Trinajstić information content (AvgIpc) is 2.14. The van der Waals surface area contributed by atoms with Crippen LogP contribution in [0, 0.1) is 5.92 Å². The molecule has 0 saturated heterocycles. The highest BCUT2D eigenvalue weighted by atomic mass is 16.4. The van der Waals surface area contributed by atoms with Gasteiger partial charge in [-0.3, -0.25) is 4.79 Å². The van der Waals surface area contributed by atoms with Gasteiger partial charge in [0.1, 0.15) is 5.84 Å². The molecular weight excluding hydrogens is 194 g/mol. The van der Waals surface area contributed by atoms with Crippen LogP contribution in [-0.4, -0.2) is 23.5 Å². The molecule has 0 bridgehead atoms. The van der Waals surface area contributed by atoms with Crippen molar-refractivity contribution in [3.05, 3.63) is 0 Å². The number of amides is 1. The summed E-state index contributed by atoms with van der Waals surface area (Å²) in [5.74, 6) is 0.694. The van der Waals surface area contributed by atoms with Gasteiger partial charge in [-0.2, -0.15) is 0 Å². The number of carbonyl (C=O) groups excluding carboxylic acids is 1. The number of oxime groups is 1. The fraction of sp³-hybridized carbons (Fsp3) is 0.800. The van der Waals surface area contributed by atoms with Crippen molar-refractivity contribution in [3.8, 4) is 0 Å². The predicted octanol–water partition coefficient (Wildman–Crippen LogP) is 0.819. The first kappa shape index (κ1) is 11.8. The molecule has 4 N–H and O–H groups in total. The number of nitrogens with two attached hydrogens (primary N) is 1. The summed E-state index contributed by atoms with van der Waals surface area (Å²) in [6, 6.07) is 0. The van der Waals surface area contributed by atoms with Gasteiger partial charge in [0.15, 0.2) is 0 Å². The Morgan fingerprint density at radius 3 is 2.73 bits per heavy atom. The second-order valence-electron chi connectivity index (χ2n) is 3.97. The third-order valence-electron chi connectivity index (χ3n) is 2.76. The highest BCUT2D eigenvalue weighted by Crippen LogP contribution is 2.26. The average molecular weight is 213 g/mol. The van der Waals surface area contributed by atoms with Crippen molar-refractivity contribution in [2.45, 2.75) is 38.5 Å². The smallest absolute Gasteiger partial charge is 0.223 e. The van der Waals surface area contributed by atoms with E-state index in [0.717, 1.165) is 25.7 Å². The minimum absolute atomic E-state index is 0.185. The van der Waals surface area contributed by atoms with E-state index in [9.17, 15) is 4.79 Å². The Hall–Kier alpha value is -1.26. The summed E-state index contributed by atoms with van der Waals surface area (Å²) in [7, 11) is 0. The van der Waals surface area contributed by atoms with E-state index in [2.05, 4.69) is 10.5 Å². The molecule has 1 fully saturated rings. The van der Waals surface area contributed by atoms with E-state index in [0.29, 0.717) is 13.0 Å². The molecule has 0 aromatic rings. The van der Waals surface area contributed by atoms with Gasteiger partial charge < -0.3 is 16.3 Å². The lowest BCUT2D eigenvalue weighted by atomic mass is 9.85. The van der Waals surface area contributed by atoms with Gasteiger partial charge in [-0.05, 0) is 25.7 Å². The number of unbranched alkanes of at least 4 members (excludes halogenated alkanes) is 1. The standard InChI is InChI=1S/C10H19N3O2/c11-9(13-15)6-1-2-7-12-10(14)8-4-3-5-8/h8,15H,1-7H2,(H2,11,13)(H,12,14). The van der Waals surface area contributed by atoms with Gasteiger partial charge in [0.05, 0.1) is 0 Å². The molecule has 0 aromatic carbocycles. The van der Waals surface area contributed by atoms with Crippen LogP contribution in [0.5, 0.6) is 0 Å². The molecule has 0 spiro atoms. The second-order valence-corrected chi connectivity index (χ2v) is 3.97. The van der Waals surface area contributed by atoms with Crippen molar-refractivity contribution in [2.75, 3.05) is 6.54 Å². The second kappa shape index (κ2) is 6.27. The Kier molecular flexibility index (Phi) is 4.93. The van der Waals surface area contributed by atoms with Crippen LogP contribution in [0.15, 0.2) is 5.16 Å². The molecule has 0 radical (unpaired) electrons. The summed E-state index contributed by atoms with van der Waals surface area (Å²) in [5, 5.41) is 14.1. The zero-order valence-electron chi connectivity index (χ0n) is 8.91. The van der Waals surface area contributed by atoms with Crippen molar-refractivity contribution in [2.24, 2.45) is 16.8 Å². The number of hydrogen-bond acceptors (Lipinski definition) is 3. The van der Waals surface area contributed by atoms with Crippen molar-refractivity contribution in [1.29, 1.82) is 0 Å². The first-order valence-corrected chi connectivity index (χ1v) is 5.48. The molecule has 1 rings (SSSR count). The zero-order valence-corrected chi connectivity index (χ0v) is 8.91. The lowest BCUT2D eigenvalue weighted by Crippen LogP contribution is -2.34. The maximum atomic E-state index is 11.4. The van der Waals surface area contributed by atoms with Gasteiger partial charge in [0.25, 0.3) is 0 Å². The predicted molar refractivity (Wildman–Crippen MR) is 57.6 cm³/mol. The molecule has 86 valence electrons. The van der Waals surface area contributed by atoms with Crippen molar-refractivity contribution in [1.82, 2.24) is 5.32 Å². The maximum absolute atomic E-state index is 11.4. The van der Waals surface area contributed by atoms with Crippen LogP contribution in [-0.2, 0) is 4.79 Å². The molecule has 0 aliphatic heterocycles. The van der Waals surface area contributed by atoms with Crippen LogP contribution >= 0.6 is 0 Å². The van der Waals surface area contributed by atoms with Gasteiger partial charge in [0, 0.05) is 18.9 Å². The highest BCUT2D eigenvalue weighted by Gasteiger charge is 2.24. The first-order chi connectivity index (χ1) is 7.24. The van der Waals surface area contributed by atoms with E-state index < -0.39 is 0 Å². The highest BCUT2D eigenvalue weighted by molar-refractivity contribution is 5.80. The van der Waals surface area contributed by atoms with Crippen LogP contribution in [0.4, 0.5) is 0 Å². The molecule has 0 unspecified atom stereocenters. The number of hydrogen-bond donors (Lipinski definition) is 3. The summed E-state index contributed by atoms with van der Waals surface area (Å²) in [4.78, 5) is 11.4. The Morgan fingerprint density at radius 2 is 2.20 bits per heavy atom. The van der Waals surface area contributed by atoms with E-state index in [1.807, 2.05) is 0 Å². The topological polar surface area (TPSA) is 87.7 Å². The van der Waals surface area contributed by atoms with E-state index in [4.69, 9.17) is 10.9 Å². The summed E-state index contributed by atoms with van der Waals surface area (Å²) >= 11 is 0. The Labute approximate surface area is 89.7 Å². The lowest BCUT2D eigenvalue weighted by molar-refractivity contribution is -0.127. The lowest BCUT2D eigenvalue weighted by Gasteiger charge is -2.23. The quantitative estimate of drug-likeness (QED) is 0.201. The zero-order chi connectivity index (χ0) is 11.1. The monoisotopic (exact) mass is 213 g/mol. The fourth-order valence-electron chi connectivity index (χ4n) is 1.51. The van der Waals surface area contributed by atoms with E-state index >= 15 is 0 Å². The third-order valence-corrected chi connectivity index (χ3v) is 2.76. The summed E-state index contributed by atoms with van der Waals surface area (Å²) in [5.41, 5.74) is 5.31. The van der Waals surface area contributed by atoms with Crippen LogP contribution in [0.1, 0.15) is 38.5 Å². The van der Waals surface area contributed by atoms with Gasteiger partial charge >= 0.3 is 0 Å².